The molecule has 0 aliphatic heterocycles. The maximum Gasteiger partial charge on any atom is 0.441 e. The lowest BCUT2D eigenvalue weighted by molar-refractivity contribution is -0.0328. The number of aliphatic hydroxyl groups is 1. The molecule has 0 aliphatic carbocycles. The molecule has 0 saturated carbocycles. The van der Waals surface area contributed by atoms with Crippen LogP contribution in [0.5, 0.6) is 0 Å². The lowest BCUT2D eigenvalue weighted by Gasteiger charge is -2.08. The predicted octanol–water partition coefficient (Wildman–Crippen LogP) is 2.23. The van der Waals surface area contributed by atoms with Gasteiger partial charge in [0.1, 0.15) is 0 Å². The first kappa shape index (κ1) is 11.4. The molecule has 1 atom stereocenters. The average molecular weight is 209 g/mol. The van der Waals surface area contributed by atoms with Gasteiger partial charge in [-0.3, -0.25) is 0 Å². The van der Waals surface area contributed by atoms with Gasteiger partial charge in [-0.05, 0) is 18.2 Å². The van der Waals surface area contributed by atoms with E-state index >= 15 is 0 Å². The zero-order valence-corrected chi connectivity index (χ0v) is 7.14. The quantitative estimate of drug-likeness (QED) is 0.715. The molecule has 1 N–H and O–H groups in total. The van der Waals surface area contributed by atoms with Crippen LogP contribution in [0.25, 0.3) is 0 Å². The summed E-state index contributed by atoms with van der Waals surface area (Å²) < 4.78 is 34.5. The van der Waals surface area contributed by atoms with Gasteiger partial charge in [-0.2, -0.15) is 13.2 Å². The van der Waals surface area contributed by atoms with E-state index < -0.39 is 10.9 Å². The molecule has 0 spiro atoms. The first-order valence-corrected chi connectivity index (χ1v) is 4.33. The monoisotopic (exact) mass is 208 g/mol. The second-order valence-corrected chi connectivity index (χ2v) is 3.57. The van der Waals surface area contributed by atoms with Gasteiger partial charge >= 0.3 is 5.51 Å². The molecule has 0 rings (SSSR count). The fraction of sp³-hybridized carbons (Fsp3) is 1.00. The van der Waals surface area contributed by atoms with E-state index in [4.69, 9.17) is 16.7 Å². The van der Waals surface area contributed by atoms with Crippen LogP contribution in [0, 0.1) is 0 Å². The van der Waals surface area contributed by atoms with E-state index in [0.29, 0.717) is 0 Å². The van der Waals surface area contributed by atoms with E-state index in [1.165, 1.54) is 0 Å². The van der Waals surface area contributed by atoms with Crippen molar-refractivity contribution in [1.82, 2.24) is 0 Å². The van der Waals surface area contributed by atoms with Crippen LogP contribution < -0.4 is 0 Å². The molecule has 0 radical (unpaired) electrons. The number of aliphatic hydroxyl groups excluding tert-OH is 1. The molecule has 0 aromatic heterocycles. The summed E-state index contributed by atoms with van der Waals surface area (Å²) in [4.78, 5) is 0. The highest BCUT2D eigenvalue weighted by Gasteiger charge is 2.28. The van der Waals surface area contributed by atoms with E-state index in [1.54, 1.807) is 0 Å². The van der Waals surface area contributed by atoms with E-state index in [1.807, 2.05) is 0 Å². The number of hydrogen-bond donors (Lipinski definition) is 1. The van der Waals surface area contributed by atoms with Gasteiger partial charge in [0.05, 0.1) is 0 Å². The van der Waals surface area contributed by atoms with Gasteiger partial charge in [-0.25, -0.2) is 0 Å². The second-order valence-electron chi connectivity index (χ2n) is 1.87. The van der Waals surface area contributed by atoms with Crippen molar-refractivity contribution in [2.45, 2.75) is 17.3 Å². The van der Waals surface area contributed by atoms with Crippen LogP contribution >= 0.6 is 23.4 Å². The third kappa shape index (κ3) is 8.29. The Hall–Kier alpha value is 0.390. The van der Waals surface area contributed by atoms with Crippen LogP contribution in [0.1, 0.15) is 6.42 Å². The number of hydrogen-bond acceptors (Lipinski definition) is 2. The average Bonchev–Trinajstić information content (AvgIpc) is 1.83. The first-order valence-electron chi connectivity index (χ1n) is 2.91. The van der Waals surface area contributed by atoms with Crippen molar-refractivity contribution in [3.05, 3.63) is 0 Å². The Morgan fingerprint density at radius 2 is 2.00 bits per heavy atom. The van der Waals surface area contributed by atoms with E-state index in [9.17, 15) is 13.2 Å². The fourth-order valence-electron chi connectivity index (χ4n) is 0.408. The van der Waals surface area contributed by atoms with Crippen molar-refractivity contribution in [3.63, 3.8) is 0 Å². The number of thioether (sulfide) groups is 1. The molecular formula is C5H8ClF3OS. The fourth-order valence-corrected chi connectivity index (χ4v) is 1.23. The summed E-state index contributed by atoms with van der Waals surface area (Å²) in [7, 11) is 0. The van der Waals surface area contributed by atoms with Crippen LogP contribution in [0.4, 0.5) is 13.2 Å². The maximum absolute atomic E-state index is 11.5. The summed E-state index contributed by atoms with van der Waals surface area (Å²) in [5, 5.41) is 7.69. The summed E-state index contributed by atoms with van der Waals surface area (Å²) in [5.41, 5.74) is -4.22. The number of alkyl halides is 4. The lowest BCUT2D eigenvalue weighted by Crippen LogP contribution is -2.10. The van der Waals surface area contributed by atoms with Gasteiger partial charge < -0.3 is 5.11 Å². The SMILES string of the molecule is OCCC(Cl)CSC(F)(F)F. The highest BCUT2D eigenvalue weighted by Crippen LogP contribution is 2.31. The summed E-state index contributed by atoms with van der Waals surface area (Å²) in [5.74, 6) is -0.203. The van der Waals surface area contributed by atoms with Crippen molar-refractivity contribution in [3.8, 4) is 0 Å². The molecule has 0 bridgehead atoms. The largest absolute Gasteiger partial charge is 0.441 e. The highest BCUT2D eigenvalue weighted by atomic mass is 35.5. The second kappa shape index (κ2) is 5.11. The van der Waals surface area contributed by atoms with Crippen molar-refractivity contribution in [2.24, 2.45) is 0 Å². The molecule has 1 unspecified atom stereocenters. The van der Waals surface area contributed by atoms with E-state index in [0.717, 1.165) is 0 Å². The van der Waals surface area contributed by atoms with Gasteiger partial charge in [0.15, 0.2) is 0 Å². The predicted molar refractivity (Wildman–Crippen MR) is 39.9 cm³/mol. The molecule has 0 aliphatic rings. The number of rotatable bonds is 4. The van der Waals surface area contributed by atoms with Crippen LogP contribution in [0.3, 0.4) is 0 Å². The molecule has 0 aromatic carbocycles. The minimum absolute atomic E-state index is 0.161. The van der Waals surface area contributed by atoms with E-state index in [2.05, 4.69) is 0 Å². The van der Waals surface area contributed by atoms with Crippen LogP contribution in [0.2, 0.25) is 0 Å². The Bertz CT molecular complexity index is 108. The topological polar surface area (TPSA) is 20.2 Å². The Morgan fingerprint density at radius 3 is 2.36 bits per heavy atom. The van der Waals surface area contributed by atoms with Gasteiger partial charge in [0.2, 0.25) is 0 Å². The summed E-state index contributed by atoms with van der Waals surface area (Å²) >= 11 is 5.24. The van der Waals surface area contributed by atoms with Crippen molar-refractivity contribution in [2.75, 3.05) is 12.4 Å². The van der Waals surface area contributed by atoms with Crippen molar-refractivity contribution in [1.29, 1.82) is 0 Å². The van der Waals surface area contributed by atoms with Gasteiger partial charge in [0, 0.05) is 17.7 Å². The zero-order chi connectivity index (χ0) is 8.91. The third-order valence-corrected chi connectivity index (χ3v) is 2.32. The zero-order valence-electron chi connectivity index (χ0n) is 5.57. The van der Waals surface area contributed by atoms with Gasteiger partial charge in [0.25, 0.3) is 0 Å². The third-order valence-electron chi connectivity index (χ3n) is 0.870. The molecule has 0 amide bonds. The smallest absolute Gasteiger partial charge is 0.396 e. The summed E-state index contributed by atoms with van der Waals surface area (Å²) in [6.45, 7) is -0.174. The minimum atomic E-state index is -4.22. The Morgan fingerprint density at radius 1 is 1.45 bits per heavy atom. The van der Waals surface area contributed by atoms with Crippen LogP contribution in [-0.2, 0) is 0 Å². The molecule has 0 saturated heterocycles. The molecule has 11 heavy (non-hydrogen) atoms. The highest BCUT2D eigenvalue weighted by molar-refractivity contribution is 8.00. The summed E-state index contributed by atoms with van der Waals surface area (Å²) in [6, 6.07) is 0. The lowest BCUT2D eigenvalue weighted by atomic mass is 10.3. The molecule has 0 aromatic rings. The van der Waals surface area contributed by atoms with Crippen LogP contribution in [-0.4, -0.2) is 28.4 Å². The van der Waals surface area contributed by atoms with Crippen LogP contribution in [0.15, 0.2) is 0 Å². The maximum atomic E-state index is 11.5. The molecule has 68 valence electrons. The Kier molecular flexibility index (Phi) is 5.29. The van der Waals surface area contributed by atoms with Gasteiger partial charge in [-0.15, -0.1) is 11.6 Å². The Balaban J connectivity index is 3.38. The summed E-state index contributed by atoms with van der Waals surface area (Å²) in [6.07, 6.45) is 0.199. The molecule has 6 heteroatoms. The van der Waals surface area contributed by atoms with Crippen molar-refractivity contribution >= 4 is 23.4 Å². The minimum Gasteiger partial charge on any atom is -0.396 e. The normalized spacial score (nSPS) is 15.0. The first-order chi connectivity index (χ1) is 4.95. The molecular weight excluding hydrogens is 201 g/mol. The number of halogens is 4. The van der Waals surface area contributed by atoms with E-state index in [-0.39, 0.29) is 30.5 Å². The standard InChI is InChI=1S/C5H8ClF3OS/c6-4(1-2-10)3-11-5(7,8)9/h4,10H,1-3H2. The Labute approximate surface area is 71.9 Å². The van der Waals surface area contributed by atoms with Gasteiger partial charge in [-0.1, -0.05) is 0 Å². The van der Waals surface area contributed by atoms with Crippen molar-refractivity contribution < 1.29 is 18.3 Å². The molecule has 1 nitrogen and oxygen atoms in total. The molecule has 0 heterocycles. The molecule has 0 fully saturated rings.